The zero-order valence-corrected chi connectivity index (χ0v) is 15.6. The molecule has 3 atom stereocenters. The molecule has 0 saturated carbocycles. The molecule has 5 heteroatoms. The first-order valence-electron chi connectivity index (χ1n) is 8.71. The summed E-state index contributed by atoms with van der Waals surface area (Å²) in [5.41, 5.74) is 2.36. The molecule has 0 amide bonds. The molecular formula is C20H26N2O2S. The van der Waals surface area contributed by atoms with Crippen molar-refractivity contribution in [1.29, 1.82) is 0 Å². The fraction of sp³-hybridized carbons (Fsp3) is 0.400. The van der Waals surface area contributed by atoms with E-state index in [1.807, 2.05) is 18.2 Å². The van der Waals surface area contributed by atoms with Gasteiger partial charge in [-0.3, -0.25) is 0 Å². The van der Waals surface area contributed by atoms with E-state index < -0.39 is 11.2 Å². The predicted molar refractivity (Wildman–Crippen MR) is 102 cm³/mol. The number of hydrogen-bond acceptors (Lipinski definition) is 4. The molecule has 2 N–H and O–H groups in total. The van der Waals surface area contributed by atoms with Crippen LogP contribution in [0, 0.1) is 0 Å². The topological polar surface area (TPSA) is 56.4 Å². The summed E-state index contributed by atoms with van der Waals surface area (Å²) < 4.78 is 17.3. The second-order valence-corrected chi connectivity index (χ2v) is 7.78. The largest absolute Gasteiger partial charge is 0.612 e. The molecule has 0 aromatic heterocycles. The lowest BCUT2D eigenvalue weighted by molar-refractivity contribution is 0.302. The maximum absolute atomic E-state index is 11.8. The van der Waals surface area contributed by atoms with Crippen molar-refractivity contribution in [2.75, 3.05) is 19.9 Å². The molecule has 3 rings (SSSR count). The standard InChI is InChI=1S/C20H26N2O2S/c1-24-19-11-10-17(25(2)23)13-16(19)14-22-18-9-6-12-21-20(18)15-7-4-3-5-8-15/h3-5,7-8,10-11,13,18,20-22H,6,9,12,14H2,1-2H3/t18-,20-,25?/m0/s1. The van der Waals surface area contributed by atoms with Crippen molar-refractivity contribution >= 4 is 11.2 Å². The molecule has 134 valence electrons. The van der Waals surface area contributed by atoms with Crippen LogP contribution in [0.5, 0.6) is 5.75 Å². The van der Waals surface area contributed by atoms with Crippen molar-refractivity contribution in [1.82, 2.24) is 10.6 Å². The van der Waals surface area contributed by atoms with Crippen LogP contribution in [0.15, 0.2) is 53.4 Å². The normalized spacial score (nSPS) is 21.7. The maximum atomic E-state index is 11.8. The number of hydrogen-bond donors (Lipinski definition) is 2. The molecule has 25 heavy (non-hydrogen) atoms. The van der Waals surface area contributed by atoms with Gasteiger partial charge in [0.1, 0.15) is 12.0 Å². The third-order valence-electron chi connectivity index (χ3n) is 4.76. The number of piperidine rings is 1. The fourth-order valence-corrected chi connectivity index (χ4v) is 4.00. The van der Waals surface area contributed by atoms with E-state index in [1.54, 1.807) is 13.4 Å². The van der Waals surface area contributed by atoms with Gasteiger partial charge >= 0.3 is 0 Å². The van der Waals surface area contributed by atoms with Gasteiger partial charge in [-0.25, -0.2) is 0 Å². The summed E-state index contributed by atoms with van der Waals surface area (Å²) in [6.07, 6.45) is 4.00. The summed E-state index contributed by atoms with van der Waals surface area (Å²) in [5.74, 6) is 0.835. The van der Waals surface area contributed by atoms with E-state index in [0.717, 1.165) is 35.6 Å². The van der Waals surface area contributed by atoms with Crippen LogP contribution in [0.1, 0.15) is 30.0 Å². The Kier molecular flexibility index (Phi) is 6.37. The highest BCUT2D eigenvalue weighted by Crippen LogP contribution is 2.26. The minimum absolute atomic E-state index is 0.310. The summed E-state index contributed by atoms with van der Waals surface area (Å²) in [5, 5.41) is 7.32. The lowest BCUT2D eigenvalue weighted by atomic mass is 9.92. The Balaban J connectivity index is 1.74. The average molecular weight is 359 g/mol. The molecule has 2 aromatic rings. The van der Waals surface area contributed by atoms with Crippen LogP contribution in [0.4, 0.5) is 0 Å². The van der Waals surface area contributed by atoms with E-state index in [-0.39, 0.29) is 0 Å². The third-order valence-corrected chi connectivity index (χ3v) is 5.67. The molecule has 0 bridgehead atoms. The average Bonchev–Trinajstić information content (AvgIpc) is 2.67. The van der Waals surface area contributed by atoms with Crippen molar-refractivity contribution in [3.05, 3.63) is 59.7 Å². The molecular weight excluding hydrogens is 332 g/mol. The molecule has 1 fully saturated rings. The van der Waals surface area contributed by atoms with E-state index in [2.05, 4.69) is 41.0 Å². The minimum atomic E-state index is -0.990. The Morgan fingerprint density at radius 2 is 2.04 bits per heavy atom. The van der Waals surface area contributed by atoms with Gasteiger partial charge in [0.05, 0.1) is 7.11 Å². The Hall–Kier alpha value is -1.53. The molecule has 1 saturated heterocycles. The number of nitrogens with one attached hydrogen (secondary N) is 2. The van der Waals surface area contributed by atoms with Crippen LogP contribution in [0.3, 0.4) is 0 Å². The van der Waals surface area contributed by atoms with Crippen LogP contribution in [-0.4, -0.2) is 30.5 Å². The summed E-state index contributed by atoms with van der Waals surface area (Å²) in [4.78, 5) is 0.832. The maximum Gasteiger partial charge on any atom is 0.152 e. The summed E-state index contributed by atoms with van der Waals surface area (Å²) >= 11 is -0.990. The van der Waals surface area contributed by atoms with E-state index in [4.69, 9.17) is 4.74 Å². The monoisotopic (exact) mass is 358 g/mol. The van der Waals surface area contributed by atoms with Gasteiger partial charge < -0.3 is 19.9 Å². The van der Waals surface area contributed by atoms with Crippen molar-refractivity contribution in [3.8, 4) is 5.75 Å². The van der Waals surface area contributed by atoms with Crippen LogP contribution in [0.2, 0.25) is 0 Å². The second-order valence-electron chi connectivity index (χ2n) is 6.40. The Bertz CT molecular complexity index is 679. The van der Waals surface area contributed by atoms with Gasteiger partial charge in [-0.2, -0.15) is 0 Å². The molecule has 0 radical (unpaired) electrons. The van der Waals surface area contributed by atoms with E-state index >= 15 is 0 Å². The Labute approximate surface area is 153 Å². The molecule has 1 unspecified atom stereocenters. The highest BCUT2D eigenvalue weighted by atomic mass is 32.2. The number of ether oxygens (including phenoxy) is 1. The van der Waals surface area contributed by atoms with Crippen molar-refractivity contribution in [3.63, 3.8) is 0 Å². The molecule has 1 heterocycles. The van der Waals surface area contributed by atoms with Gasteiger partial charge in [0, 0.05) is 30.3 Å². The summed E-state index contributed by atoms with van der Waals surface area (Å²) in [6, 6.07) is 17.0. The van der Waals surface area contributed by atoms with Gasteiger partial charge in [-0.15, -0.1) is 0 Å². The summed E-state index contributed by atoms with van der Waals surface area (Å²) in [7, 11) is 1.68. The highest BCUT2D eigenvalue weighted by Gasteiger charge is 2.25. The quantitative estimate of drug-likeness (QED) is 0.780. The lowest BCUT2D eigenvalue weighted by Gasteiger charge is -2.34. The minimum Gasteiger partial charge on any atom is -0.612 e. The molecule has 0 aliphatic carbocycles. The van der Waals surface area contributed by atoms with Gasteiger partial charge in [-0.1, -0.05) is 30.3 Å². The van der Waals surface area contributed by atoms with Crippen molar-refractivity contribution < 1.29 is 9.29 Å². The van der Waals surface area contributed by atoms with Crippen LogP contribution in [0.25, 0.3) is 0 Å². The second kappa shape index (κ2) is 8.72. The molecule has 2 aromatic carbocycles. The molecule has 4 nitrogen and oxygen atoms in total. The van der Waals surface area contributed by atoms with E-state index in [1.165, 1.54) is 5.56 Å². The third kappa shape index (κ3) is 4.55. The van der Waals surface area contributed by atoms with Gasteiger partial charge in [-0.05, 0) is 48.3 Å². The zero-order valence-electron chi connectivity index (χ0n) is 14.8. The van der Waals surface area contributed by atoms with Gasteiger partial charge in [0.25, 0.3) is 0 Å². The first-order valence-corrected chi connectivity index (χ1v) is 10.3. The Morgan fingerprint density at radius 1 is 1.24 bits per heavy atom. The predicted octanol–water partition coefficient (Wildman–Crippen LogP) is 3.02. The SMILES string of the molecule is COc1ccc([S+](C)[O-])cc1CN[C@H]1CCCN[C@H]1c1ccccc1. The zero-order chi connectivity index (χ0) is 17.6. The molecule has 0 spiro atoms. The van der Waals surface area contributed by atoms with Crippen molar-refractivity contribution in [2.45, 2.75) is 36.4 Å². The number of methoxy groups -OCH3 is 1. The smallest absolute Gasteiger partial charge is 0.152 e. The lowest BCUT2D eigenvalue weighted by Crippen LogP contribution is -2.45. The molecule has 1 aliphatic rings. The first kappa shape index (κ1) is 18.3. The van der Waals surface area contributed by atoms with Crippen LogP contribution in [-0.2, 0) is 17.7 Å². The fourth-order valence-electron chi connectivity index (χ4n) is 3.43. The van der Waals surface area contributed by atoms with Gasteiger partial charge in [0.2, 0.25) is 0 Å². The van der Waals surface area contributed by atoms with Crippen LogP contribution < -0.4 is 15.4 Å². The number of benzene rings is 2. The van der Waals surface area contributed by atoms with E-state index in [0.29, 0.717) is 18.6 Å². The summed E-state index contributed by atoms with van der Waals surface area (Å²) in [6.45, 7) is 1.75. The van der Waals surface area contributed by atoms with E-state index in [9.17, 15) is 4.55 Å². The first-order chi connectivity index (χ1) is 12.2. The van der Waals surface area contributed by atoms with Crippen LogP contribution >= 0.6 is 0 Å². The van der Waals surface area contributed by atoms with Crippen molar-refractivity contribution in [2.24, 2.45) is 0 Å². The van der Waals surface area contributed by atoms with Gasteiger partial charge in [0.15, 0.2) is 4.90 Å². The molecule has 1 aliphatic heterocycles. The highest BCUT2D eigenvalue weighted by molar-refractivity contribution is 7.90. The number of rotatable bonds is 6. The Morgan fingerprint density at radius 3 is 2.76 bits per heavy atom.